The average Bonchev–Trinajstić information content (AvgIpc) is 2.78. The van der Waals surface area contributed by atoms with Gasteiger partial charge in [0.05, 0.1) is 0 Å². The number of imide groups is 1. The number of carbonyl (C=O) groups excluding carboxylic acids is 3. The molecule has 0 aromatic heterocycles. The maximum Gasteiger partial charge on any atom is 0.233 e. The number of amides is 3. The Morgan fingerprint density at radius 2 is 1.82 bits per heavy atom. The van der Waals surface area contributed by atoms with Crippen LogP contribution < -0.4 is 5.32 Å². The first-order valence-electron chi connectivity index (χ1n) is 10.4. The van der Waals surface area contributed by atoms with E-state index in [1.165, 1.54) is 4.90 Å². The molecule has 1 fully saturated rings. The van der Waals surface area contributed by atoms with Gasteiger partial charge < -0.3 is 5.32 Å². The molecule has 1 heterocycles. The quantitative estimate of drug-likeness (QED) is 0.540. The van der Waals surface area contributed by atoms with Crippen LogP contribution in [-0.2, 0) is 14.4 Å². The highest BCUT2D eigenvalue weighted by Gasteiger charge is 2.46. The molecule has 0 spiro atoms. The Bertz CT molecular complexity index is 603. The van der Waals surface area contributed by atoms with Crippen LogP contribution in [-0.4, -0.2) is 45.2 Å². The molecule has 0 aromatic carbocycles. The maximum atomic E-state index is 12.8. The zero-order chi connectivity index (χ0) is 21.9. The summed E-state index contributed by atoms with van der Waals surface area (Å²) in [6.45, 7) is 16.1. The Morgan fingerprint density at radius 1 is 1.25 bits per heavy atom. The summed E-state index contributed by atoms with van der Waals surface area (Å²) in [7, 11) is 0. The minimum Gasteiger partial charge on any atom is -0.351 e. The molecule has 5 nitrogen and oxygen atoms in total. The smallest absolute Gasteiger partial charge is 0.233 e. The van der Waals surface area contributed by atoms with Crippen LogP contribution in [0, 0.1) is 11.3 Å². The Kier molecular flexibility index (Phi) is 8.20. The van der Waals surface area contributed by atoms with Crippen molar-refractivity contribution in [2.75, 3.05) is 6.26 Å². The van der Waals surface area contributed by atoms with E-state index in [1.54, 1.807) is 6.92 Å². The molecule has 1 rings (SSSR count). The van der Waals surface area contributed by atoms with Gasteiger partial charge in [-0.3, -0.25) is 19.3 Å². The van der Waals surface area contributed by atoms with E-state index in [2.05, 4.69) is 32.3 Å². The molecule has 3 amide bonds. The third-order valence-electron chi connectivity index (χ3n) is 5.90. The minimum absolute atomic E-state index is 0.0332. The normalized spacial score (nSPS) is 21.6. The summed E-state index contributed by atoms with van der Waals surface area (Å²) in [5, 5.41) is 3.72. The molecule has 28 heavy (non-hydrogen) atoms. The SMILES string of the molecule is CCC(C)(CC(C)(C)N1C(=O)CC(C)C1=O)NC(=O)CC(C)(C)CC(C)SC. The monoisotopic (exact) mass is 412 g/mol. The number of thioether (sulfide) groups is 1. The highest BCUT2D eigenvalue weighted by molar-refractivity contribution is 7.99. The summed E-state index contributed by atoms with van der Waals surface area (Å²) in [4.78, 5) is 39.1. The van der Waals surface area contributed by atoms with E-state index in [-0.39, 0.29) is 35.5 Å². The lowest BCUT2D eigenvalue weighted by atomic mass is 9.81. The van der Waals surface area contributed by atoms with Gasteiger partial charge in [0.25, 0.3) is 0 Å². The third kappa shape index (κ3) is 6.50. The summed E-state index contributed by atoms with van der Waals surface area (Å²) in [6, 6.07) is 0. The number of nitrogens with one attached hydrogen (secondary N) is 1. The van der Waals surface area contributed by atoms with Gasteiger partial charge in [0.1, 0.15) is 0 Å². The summed E-state index contributed by atoms with van der Waals surface area (Å²) in [5.74, 6) is -0.439. The van der Waals surface area contributed by atoms with Gasteiger partial charge in [0.15, 0.2) is 0 Å². The largest absolute Gasteiger partial charge is 0.351 e. The first kappa shape index (κ1) is 25.0. The van der Waals surface area contributed by atoms with E-state index in [1.807, 2.05) is 39.5 Å². The lowest BCUT2D eigenvalue weighted by Gasteiger charge is -2.42. The molecular formula is C22H40N2O3S. The van der Waals surface area contributed by atoms with E-state index in [0.29, 0.717) is 18.1 Å². The maximum absolute atomic E-state index is 12.8. The van der Waals surface area contributed by atoms with Crippen LogP contribution in [0.1, 0.15) is 87.5 Å². The molecule has 0 aromatic rings. The van der Waals surface area contributed by atoms with Crippen molar-refractivity contribution in [2.24, 2.45) is 11.3 Å². The molecule has 1 N–H and O–H groups in total. The predicted molar refractivity (Wildman–Crippen MR) is 117 cm³/mol. The van der Waals surface area contributed by atoms with E-state index in [4.69, 9.17) is 0 Å². The molecule has 6 heteroatoms. The fraction of sp³-hybridized carbons (Fsp3) is 0.864. The van der Waals surface area contributed by atoms with Crippen molar-refractivity contribution in [2.45, 2.75) is 104 Å². The standard InChI is InChI=1S/C22H40N2O3S/c1-10-22(8,23-17(25)13-20(4,5)12-16(3)28-9)14-21(6,7)24-18(26)11-15(2)19(24)27/h15-16H,10-14H2,1-9H3,(H,23,25). The van der Waals surface area contributed by atoms with Gasteiger partial charge in [-0.15, -0.1) is 0 Å². The topological polar surface area (TPSA) is 66.5 Å². The molecule has 0 saturated carbocycles. The van der Waals surface area contributed by atoms with Crippen LogP contribution in [0.2, 0.25) is 0 Å². The van der Waals surface area contributed by atoms with E-state index >= 15 is 0 Å². The van der Waals surface area contributed by atoms with E-state index < -0.39 is 11.1 Å². The Morgan fingerprint density at radius 3 is 2.25 bits per heavy atom. The molecule has 1 aliphatic heterocycles. The van der Waals surface area contributed by atoms with Gasteiger partial charge in [-0.25, -0.2) is 0 Å². The Balaban J connectivity index is 2.85. The third-order valence-corrected chi connectivity index (χ3v) is 6.87. The van der Waals surface area contributed by atoms with Crippen molar-refractivity contribution in [1.82, 2.24) is 10.2 Å². The number of likely N-dealkylation sites (tertiary alicyclic amines) is 1. The van der Waals surface area contributed by atoms with Gasteiger partial charge in [-0.05, 0) is 51.7 Å². The Labute approximate surface area is 175 Å². The lowest BCUT2D eigenvalue weighted by molar-refractivity contribution is -0.146. The molecule has 3 atom stereocenters. The van der Waals surface area contributed by atoms with Crippen LogP contribution in [0.5, 0.6) is 0 Å². The fourth-order valence-corrected chi connectivity index (χ4v) is 5.08. The van der Waals surface area contributed by atoms with Crippen molar-refractivity contribution in [3.8, 4) is 0 Å². The van der Waals surface area contributed by atoms with Crippen LogP contribution in [0.15, 0.2) is 0 Å². The molecule has 3 unspecified atom stereocenters. The second-order valence-corrected chi connectivity index (χ2v) is 11.5. The molecular weight excluding hydrogens is 372 g/mol. The van der Waals surface area contributed by atoms with E-state index in [9.17, 15) is 14.4 Å². The first-order valence-corrected chi connectivity index (χ1v) is 11.7. The molecule has 0 aliphatic carbocycles. The highest BCUT2D eigenvalue weighted by Crippen LogP contribution is 2.35. The van der Waals surface area contributed by atoms with E-state index in [0.717, 1.165) is 12.8 Å². The van der Waals surface area contributed by atoms with Crippen molar-refractivity contribution >= 4 is 29.5 Å². The average molecular weight is 413 g/mol. The van der Waals surface area contributed by atoms with Gasteiger partial charge in [-0.1, -0.05) is 34.6 Å². The van der Waals surface area contributed by atoms with Gasteiger partial charge in [0.2, 0.25) is 17.7 Å². The van der Waals surface area contributed by atoms with Gasteiger partial charge in [0, 0.05) is 35.1 Å². The Hall–Kier alpha value is -1.04. The van der Waals surface area contributed by atoms with Crippen LogP contribution in [0.25, 0.3) is 0 Å². The fourth-order valence-electron chi connectivity index (χ4n) is 4.46. The summed E-state index contributed by atoms with van der Waals surface area (Å²) in [6.07, 6.45) is 5.08. The number of hydrogen-bond acceptors (Lipinski definition) is 4. The molecule has 162 valence electrons. The summed E-state index contributed by atoms with van der Waals surface area (Å²) < 4.78 is 0. The van der Waals surface area contributed by atoms with Crippen LogP contribution in [0.4, 0.5) is 0 Å². The number of rotatable bonds is 10. The van der Waals surface area contributed by atoms with Crippen LogP contribution in [0.3, 0.4) is 0 Å². The second-order valence-electron chi connectivity index (χ2n) is 10.2. The highest BCUT2D eigenvalue weighted by atomic mass is 32.2. The number of hydrogen-bond donors (Lipinski definition) is 1. The van der Waals surface area contributed by atoms with Crippen molar-refractivity contribution in [3.63, 3.8) is 0 Å². The van der Waals surface area contributed by atoms with Crippen LogP contribution >= 0.6 is 11.8 Å². The van der Waals surface area contributed by atoms with Gasteiger partial charge in [-0.2, -0.15) is 11.8 Å². The second kappa shape index (κ2) is 9.19. The molecule has 0 radical (unpaired) electrons. The summed E-state index contributed by atoms with van der Waals surface area (Å²) >= 11 is 1.82. The van der Waals surface area contributed by atoms with Crippen molar-refractivity contribution in [3.05, 3.63) is 0 Å². The lowest BCUT2D eigenvalue weighted by Crippen LogP contribution is -2.56. The molecule has 0 bridgehead atoms. The molecule has 1 saturated heterocycles. The first-order chi connectivity index (χ1) is 12.7. The zero-order valence-corrected chi connectivity index (χ0v) is 20.1. The van der Waals surface area contributed by atoms with Crippen molar-refractivity contribution < 1.29 is 14.4 Å². The number of nitrogens with zero attached hydrogens (tertiary/aromatic N) is 1. The van der Waals surface area contributed by atoms with Crippen molar-refractivity contribution in [1.29, 1.82) is 0 Å². The minimum atomic E-state index is -0.639. The summed E-state index contributed by atoms with van der Waals surface area (Å²) in [5.41, 5.74) is -1.19. The number of carbonyl (C=O) groups is 3. The zero-order valence-electron chi connectivity index (χ0n) is 19.3. The van der Waals surface area contributed by atoms with Gasteiger partial charge >= 0.3 is 0 Å². The predicted octanol–water partition coefficient (Wildman–Crippen LogP) is 4.39. The molecule has 1 aliphatic rings.